The van der Waals surface area contributed by atoms with Gasteiger partial charge in [0, 0.05) is 28.8 Å². The number of halogens is 1. The summed E-state index contributed by atoms with van der Waals surface area (Å²) in [6.07, 6.45) is 4.38. The average Bonchev–Trinajstić information content (AvgIpc) is 3.07. The maximum Gasteiger partial charge on any atom is 0.253 e. The lowest BCUT2D eigenvalue weighted by molar-refractivity contribution is 0.0620. The van der Waals surface area contributed by atoms with E-state index in [9.17, 15) is 4.79 Å². The van der Waals surface area contributed by atoms with Gasteiger partial charge in [-0.05, 0) is 67.6 Å². The van der Waals surface area contributed by atoms with Crippen molar-refractivity contribution in [3.8, 4) is 0 Å². The Morgan fingerprint density at radius 1 is 1.12 bits per heavy atom. The zero-order valence-corrected chi connectivity index (χ0v) is 15.5. The number of aromatic nitrogens is 1. The van der Waals surface area contributed by atoms with Crippen molar-refractivity contribution in [2.45, 2.75) is 18.9 Å². The Bertz CT molecular complexity index is 972. The van der Waals surface area contributed by atoms with E-state index in [0.29, 0.717) is 12.0 Å². The van der Waals surface area contributed by atoms with E-state index in [-0.39, 0.29) is 5.91 Å². The van der Waals surface area contributed by atoms with Crippen LogP contribution >= 0.6 is 15.9 Å². The van der Waals surface area contributed by atoms with Gasteiger partial charge < -0.3 is 14.6 Å². The minimum Gasteiger partial charge on any atom is -0.348 e. The third kappa shape index (κ3) is 2.66. The van der Waals surface area contributed by atoms with Crippen LogP contribution < -0.4 is 5.32 Å². The van der Waals surface area contributed by atoms with E-state index in [1.165, 1.54) is 25.9 Å². The Kier molecular flexibility index (Phi) is 3.61. The molecule has 6 rings (SSSR count). The molecule has 0 spiro atoms. The molecule has 3 aromatic rings. The molecule has 3 aliphatic rings. The standard InChI is InChI=1S/C20H20BrN3O/c21-16-2-4-19-14(9-16)1-3-17-10-15(11-24(17)19)20(25)22-18-12-23-7-5-13(18)6-8-23/h1-4,9-11,13,18H,5-8,12H2,(H,22,25)/t18-/m0/s1. The van der Waals surface area contributed by atoms with Crippen molar-refractivity contribution in [3.05, 3.63) is 52.6 Å². The molecular formula is C20H20BrN3O. The first-order valence-corrected chi connectivity index (χ1v) is 9.70. The van der Waals surface area contributed by atoms with Crippen molar-refractivity contribution < 1.29 is 4.79 Å². The van der Waals surface area contributed by atoms with Crippen molar-refractivity contribution in [1.29, 1.82) is 0 Å². The second-order valence-corrected chi connectivity index (χ2v) is 8.19. The Hall–Kier alpha value is -1.85. The molecule has 0 saturated carbocycles. The van der Waals surface area contributed by atoms with Gasteiger partial charge in [-0.2, -0.15) is 0 Å². The van der Waals surface area contributed by atoms with Gasteiger partial charge in [-0.1, -0.05) is 22.0 Å². The summed E-state index contributed by atoms with van der Waals surface area (Å²) in [4.78, 5) is 15.3. The van der Waals surface area contributed by atoms with E-state index in [1.807, 2.05) is 18.3 Å². The molecule has 0 radical (unpaired) electrons. The van der Waals surface area contributed by atoms with Crippen molar-refractivity contribution in [2.75, 3.05) is 19.6 Å². The summed E-state index contributed by atoms with van der Waals surface area (Å²) in [7, 11) is 0. The number of hydrogen-bond donors (Lipinski definition) is 1. The van der Waals surface area contributed by atoms with Crippen molar-refractivity contribution in [2.24, 2.45) is 5.92 Å². The van der Waals surface area contributed by atoms with Gasteiger partial charge in [0.05, 0.1) is 11.1 Å². The average molecular weight is 398 g/mol. The topological polar surface area (TPSA) is 36.8 Å². The number of hydrogen-bond acceptors (Lipinski definition) is 2. The molecule has 2 aromatic heterocycles. The van der Waals surface area contributed by atoms with Crippen molar-refractivity contribution in [1.82, 2.24) is 14.6 Å². The molecule has 1 amide bonds. The first-order chi connectivity index (χ1) is 12.2. The Labute approximate surface area is 154 Å². The van der Waals surface area contributed by atoms with E-state index < -0.39 is 0 Å². The highest BCUT2D eigenvalue weighted by Crippen LogP contribution is 2.28. The van der Waals surface area contributed by atoms with Crippen LogP contribution in [-0.2, 0) is 0 Å². The molecule has 5 heteroatoms. The van der Waals surface area contributed by atoms with Crippen LogP contribution in [0.15, 0.2) is 47.1 Å². The maximum atomic E-state index is 12.8. The largest absolute Gasteiger partial charge is 0.348 e. The summed E-state index contributed by atoms with van der Waals surface area (Å²) in [5.74, 6) is 0.692. The maximum absolute atomic E-state index is 12.8. The molecule has 1 aromatic carbocycles. The van der Waals surface area contributed by atoms with Crippen LogP contribution in [0.3, 0.4) is 0 Å². The number of carbonyl (C=O) groups excluding carboxylic acids is 1. The minimum absolute atomic E-state index is 0.0488. The number of nitrogens with one attached hydrogen (secondary N) is 1. The number of pyridine rings is 1. The first kappa shape index (κ1) is 15.4. The minimum atomic E-state index is 0.0488. The van der Waals surface area contributed by atoms with E-state index in [0.717, 1.165) is 33.0 Å². The molecule has 3 aliphatic heterocycles. The van der Waals surface area contributed by atoms with Gasteiger partial charge >= 0.3 is 0 Å². The van der Waals surface area contributed by atoms with Crippen LogP contribution in [0.1, 0.15) is 23.2 Å². The smallest absolute Gasteiger partial charge is 0.253 e. The van der Waals surface area contributed by atoms with Crippen LogP contribution in [0.25, 0.3) is 16.4 Å². The number of piperidine rings is 3. The molecule has 128 valence electrons. The Morgan fingerprint density at radius 2 is 1.96 bits per heavy atom. The first-order valence-electron chi connectivity index (χ1n) is 8.91. The molecule has 0 unspecified atom stereocenters. The third-order valence-corrected chi connectivity index (χ3v) is 6.26. The third-order valence-electron chi connectivity index (χ3n) is 5.77. The van der Waals surface area contributed by atoms with Crippen LogP contribution in [0.4, 0.5) is 0 Å². The van der Waals surface area contributed by atoms with Crippen LogP contribution in [0, 0.1) is 5.92 Å². The van der Waals surface area contributed by atoms with Gasteiger partial charge in [-0.25, -0.2) is 0 Å². The van der Waals surface area contributed by atoms with Gasteiger partial charge in [-0.3, -0.25) is 4.79 Å². The number of fused-ring (bicyclic) bond motifs is 6. The van der Waals surface area contributed by atoms with Gasteiger partial charge in [-0.15, -0.1) is 0 Å². The summed E-state index contributed by atoms with van der Waals surface area (Å²) in [5, 5.41) is 4.44. The van der Waals surface area contributed by atoms with Gasteiger partial charge in [0.2, 0.25) is 0 Å². The molecule has 0 aliphatic carbocycles. The summed E-state index contributed by atoms with van der Waals surface area (Å²) in [5.41, 5.74) is 2.91. The van der Waals surface area contributed by atoms with Crippen molar-refractivity contribution in [3.63, 3.8) is 0 Å². The Balaban J connectivity index is 1.46. The van der Waals surface area contributed by atoms with Crippen molar-refractivity contribution >= 4 is 38.3 Å². The summed E-state index contributed by atoms with van der Waals surface area (Å²) in [6, 6.07) is 12.7. The van der Waals surface area contributed by atoms with Gasteiger partial charge in [0.1, 0.15) is 0 Å². The molecule has 1 N–H and O–H groups in total. The normalized spacial score (nSPS) is 25.6. The summed E-state index contributed by atoms with van der Waals surface area (Å²) < 4.78 is 3.17. The monoisotopic (exact) mass is 397 g/mol. The SMILES string of the molecule is O=C(N[C@H]1CN2CCC1CC2)c1cc2ccc3cc(Br)ccc3n2c1. The molecule has 5 heterocycles. The zero-order chi connectivity index (χ0) is 17.0. The number of nitrogens with zero attached hydrogens (tertiary/aromatic N) is 2. The fourth-order valence-electron chi connectivity index (χ4n) is 4.37. The fourth-order valence-corrected chi connectivity index (χ4v) is 4.75. The highest BCUT2D eigenvalue weighted by molar-refractivity contribution is 9.10. The summed E-state index contributed by atoms with van der Waals surface area (Å²) in [6.45, 7) is 3.38. The lowest BCUT2D eigenvalue weighted by Gasteiger charge is -2.44. The van der Waals surface area contributed by atoms with E-state index in [2.05, 4.69) is 54.8 Å². The quantitative estimate of drug-likeness (QED) is 0.715. The molecule has 2 bridgehead atoms. The van der Waals surface area contributed by atoms with Crippen LogP contribution in [0.5, 0.6) is 0 Å². The molecule has 25 heavy (non-hydrogen) atoms. The van der Waals surface area contributed by atoms with E-state index >= 15 is 0 Å². The number of amides is 1. The predicted octanol–water partition coefficient (Wildman–Crippen LogP) is 3.68. The highest BCUT2D eigenvalue weighted by Gasteiger charge is 2.35. The predicted molar refractivity (Wildman–Crippen MR) is 103 cm³/mol. The zero-order valence-electron chi connectivity index (χ0n) is 13.9. The molecule has 1 atom stereocenters. The highest BCUT2D eigenvalue weighted by atomic mass is 79.9. The summed E-state index contributed by atoms with van der Waals surface area (Å²) >= 11 is 3.52. The van der Waals surface area contributed by atoms with Gasteiger partial charge in [0.15, 0.2) is 0 Å². The lowest BCUT2D eigenvalue weighted by Crippen LogP contribution is -2.57. The second-order valence-electron chi connectivity index (χ2n) is 7.28. The van der Waals surface area contributed by atoms with Gasteiger partial charge in [0.25, 0.3) is 5.91 Å². The Morgan fingerprint density at radius 3 is 2.72 bits per heavy atom. The number of rotatable bonds is 2. The van der Waals surface area contributed by atoms with E-state index in [1.54, 1.807) is 0 Å². The van der Waals surface area contributed by atoms with E-state index in [4.69, 9.17) is 0 Å². The number of carbonyl (C=O) groups is 1. The lowest BCUT2D eigenvalue weighted by atomic mass is 9.84. The van der Waals surface area contributed by atoms with Crippen LogP contribution in [0.2, 0.25) is 0 Å². The molecule has 3 saturated heterocycles. The fraction of sp³-hybridized carbons (Fsp3) is 0.350. The molecule has 3 fully saturated rings. The second kappa shape index (κ2) is 5.85. The molecule has 4 nitrogen and oxygen atoms in total. The van der Waals surface area contributed by atoms with Crippen LogP contribution in [-0.4, -0.2) is 40.9 Å². The number of benzene rings is 1. The molecular weight excluding hydrogens is 378 g/mol.